The molecular weight excluding hydrogens is 577 g/mol. The first-order valence-corrected chi connectivity index (χ1v) is 25.5. The zero-order chi connectivity index (χ0) is 29.1. The fraction of sp³-hybridized carbons (Fsp3) is 1.00. The predicted molar refractivity (Wildman–Crippen MR) is 161 cm³/mol. The standard InChI is InChI=1S/C23H58O10Si5/c1-12-18-24-34(7)30-36(9,27-21-15-4)32-38(11,29-23-17-6)33-37(10,28-22-16-5)31-35(8,25-19-13-2)26-20-14-3/h34H,12-23H2,1-11H3. The van der Waals surface area contributed by atoms with E-state index < -0.39 is 44.5 Å². The van der Waals surface area contributed by atoms with Crippen molar-refractivity contribution in [3.63, 3.8) is 0 Å². The summed E-state index contributed by atoms with van der Waals surface area (Å²) >= 11 is 0. The Kier molecular flexibility index (Phi) is 20.9. The van der Waals surface area contributed by atoms with Crippen LogP contribution in [0.2, 0.25) is 32.7 Å². The largest absolute Gasteiger partial charge is 0.490 e. The summed E-state index contributed by atoms with van der Waals surface area (Å²) in [7, 11) is -15.0. The Hall–Kier alpha value is 0.684. The van der Waals surface area contributed by atoms with Gasteiger partial charge in [0.2, 0.25) is 0 Å². The minimum absolute atomic E-state index is 0.464. The van der Waals surface area contributed by atoms with Crippen LogP contribution in [0.25, 0.3) is 0 Å². The summed E-state index contributed by atoms with van der Waals surface area (Å²) in [4.78, 5) is 0. The molecule has 0 N–H and O–H groups in total. The van der Waals surface area contributed by atoms with Crippen LogP contribution in [0.15, 0.2) is 0 Å². The lowest BCUT2D eigenvalue weighted by molar-refractivity contribution is 0.0442. The lowest BCUT2D eigenvalue weighted by Gasteiger charge is -2.41. The summed E-state index contributed by atoms with van der Waals surface area (Å²) in [6.07, 6.45) is 5.06. The molecule has 0 saturated carbocycles. The minimum atomic E-state index is -3.40. The van der Waals surface area contributed by atoms with E-state index in [1.54, 1.807) is 0 Å². The Morgan fingerprint density at radius 1 is 0.421 bits per heavy atom. The molecule has 15 heteroatoms. The van der Waals surface area contributed by atoms with Gasteiger partial charge < -0.3 is 43.0 Å². The maximum Gasteiger partial charge on any atom is 0.490 e. The molecule has 0 aromatic carbocycles. The monoisotopic (exact) mass is 634 g/mol. The molecule has 4 unspecified atom stereocenters. The molecule has 0 aliphatic rings. The Labute approximate surface area is 239 Å². The zero-order valence-corrected chi connectivity index (χ0v) is 31.3. The van der Waals surface area contributed by atoms with Gasteiger partial charge in [-0.1, -0.05) is 41.5 Å². The van der Waals surface area contributed by atoms with E-state index in [4.69, 9.17) is 43.0 Å². The molecule has 0 bridgehead atoms. The minimum Gasteiger partial charge on any atom is -0.397 e. The van der Waals surface area contributed by atoms with Gasteiger partial charge in [0.15, 0.2) is 0 Å². The van der Waals surface area contributed by atoms with Gasteiger partial charge in [0.1, 0.15) is 0 Å². The number of rotatable bonds is 26. The van der Waals surface area contributed by atoms with Gasteiger partial charge in [-0.05, 0) is 45.1 Å². The summed E-state index contributed by atoms with van der Waals surface area (Å²) in [6, 6.07) is 0. The normalized spacial score (nSPS) is 18.1. The lowest BCUT2D eigenvalue weighted by Crippen LogP contribution is -2.65. The van der Waals surface area contributed by atoms with Crippen molar-refractivity contribution in [3.05, 3.63) is 0 Å². The van der Waals surface area contributed by atoms with Gasteiger partial charge in [0, 0.05) is 65.8 Å². The second kappa shape index (κ2) is 20.5. The quantitative estimate of drug-likeness (QED) is 0.110. The van der Waals surface area contributed by atoms with Crippen molar-refractivity contribution in [2.45, 2.75) is 113 Å². The van der Waals surface area contributed by atoms with Crippen molar-refractivity contribution < 1.29 is 43.0 Å². The molecule has 0 fully saturated rings. The molecule has 0 rings (SSSR count). The molecular formula is C23H58O10Si5. The van der Waals surface area contributed by atoms with E-state index in [0.717, 1.165) is 38.5 Å². The van der Waals surface area contributed by atoms with Crippen LogP contribution in [0, 0.1) is 0 Å². The molecule has 0 heterocycles. The van der Waals surface area contributed by atoms with Crippen LogP contribution >= 0.6 is 0 Å². The van der Waals surface area contributed by atoms with E-state index >= 15 is 0 Å². The summed E-state index contributed by atoms with van der Waals surface area (Å²) in [5.41, 5.74) is 0. The SMILES string of the molecule is CCCO[SiH](C)O[Si](C)(OCCC)O[Si](C)(OCCC)O[Si](C)(OCCC)O[Si](C)(OCCC)OCCC. The van der Waals surface area contributed by atoms with Gasteiger partial charge in [-0.3, -0.25) is 0 Å². The van der Waals surface area contributed by atoms with Gasteiger partial charge in [0.25, 0.3) is 0 Å². The van der Waals surface area contributed by atoms with Crippen LogP contribution in [-0.2, 0) is 43.0 Å². The van der Waals surface area contributed by atoms with Crippen molar-refractivity contribution >= 4 is 44.5 Å². The van der Waals surface area contributed by atoms with Crippen molar-refractivity contribution in [2.24, 2.45) is 0 Å². The molecule has 230 valence electrons. The number of hydrogen-bond acceptors (Lipinski definition) is 10. The maximum absolute atomic E-state index is 6.74. The average molecular weight is 635 g/mol. The smallest absolute Gasteiger partial charge is 0.397 e. The van der Waals surface area contributed by atoms with E-state index in [-0.39, 0.29) is 0 Å². The predicted octanol–water partition coefficient (Wildman–Crippen LogP) is 5.74. The van der Waals surface area contributed by atoms with Crippen LogP contribution in [0.3, 0.4) is 0 Å². The highest BCUT2D eigenvalue weighted by Gasteiger charge is 2.57. The molecule has 4 atom stereocenters. The third-order valence-electron chi connectivity index (χ3n) is 4.89. The van der Waals surface area contributed by atoms with Gasteiger partial charge in [-0.25, -0.2) is 0 Å². The van der Waals surface area contributed by atoms with Gasteiger partial charge in [0.05, 0.1) is 0 Å². The first-order chi connectivity index (χ1) is 17.9. The molecule has 0 amide bonds. The Morgan fingerprint density at radius 3 is 1.08 bits per heavy atom. The second-order valence-corrected chi connectivity index (χ2v) is 22.8. The average Bonchev–Trinajstić information content (AvgIpc) is 2.85. The summed E-state index contributed by atoms with van der Waals surface area (Å²) in [5.74, 6) is 0. The third-order valence-corrected chi connectivity index (χ3v) is 21.2. The van der Waals surface area contributed by atoms with Crippen LogP contribution in [0.5, 0.6) is 0 Å². The maximum atomic E-state index is 6.74. The summed E-state index contributed by atoms with van der Waals surface area (Å²) in [6.45, 7) is 25.0. The zero-order valence-electron chi connectivity index (χ0n) is 26.1. The molecule has 0 aliphatic carbocycles. The summed E-state index contributed by atoms with van der Waals surface area (Å²) in [5, 5.41) is 0. The molecule has 0 aliphatic heterocycles. The van der Waals surface area contributed by atoms with E-state index in [0.29, 0.717) is 39.6 Å². The Morgan fingerprint density at radius 2 is 0.711 bits per heavy atom. The van der Waals surface area contributed by atoms with Crippen LogP contribution in [0.1, 0.15) is 80.1 Å². The lowest BCUT2D eigenvalue weighted by atomic mass is 10.5. The number of hydrogen-bond donors (Lipinski definition) is 0. The van der Waals surface area contributed by atoms with E-state index in [2.05, 4.69) is 27.7 Å². The van der Waals surface area contributed by atoms with Crippen molar-refractivity contribution in [2.75, 3.05) is 39.6 Å². The first-order valence-electron chi connectivity index (χ1n) is 14.5. The van der Waals surface area contributed by atoms with E-state index in [9.17, 15) is 0 Å². The van der Waals surface area contributed by atoms with Gasteiger partial charge in [-0.15, -0.1) is 0 Å². The first kappa shape index (κ1) is 38.7. The van der Waals surface area contributed by atoms with Crippen LogP contribution in [-0.4, -0.2) is 84.1 Å². The van der Waals surface area contributed by atoms with E-state index in [1.165, 1.54) is 0 Å². The molecule has 0 radical (unpaired) electrons. The molecule has 38 heavy (non-hydrogen) atoms. The Balaban J connectivity index is 6.17. The van der Waals surface area contributed by atoms with Crippen molar-refractivity contribution in [1.29, 1.82) is 0 Å². The fourth-order valence-electron chi connectivity index (χ4n) is 3.41. The second-order valence-electron chi connectivity index (χ2n) is 9.55. The third kappa shape index (κ3) is 16.8. The highest BCUT2D eigenvalue weighted by molar-refractivity contribution is 6.83. The van der Waals surface area contributed by atoms with Gasteiger partial charge in [-0.2, -0.15) is 0 Å². The highest BCUT2D eigenvalue weighted by atomic mass is 28.5. The highest BCUT2D eigenvalue weighted by Crippen LogP contribution is 2.28. The van der Waals surface area contributed by atoms with Crippen LogP contribution < -0.4 is 0 Å². The molecule has 0 spiro atoms. The Bertz CT molecular complexity index is 591. The fourth-order valence-corrected chi connectivity index (χ4v) is 21.3. The van der Waals surface area contributed by atoms with Crippen molar-refractivity contribution in [1.82, 2.24) is 0 Å². The molecule has 0 aromatic heterocycles. The topological polar surface area (TPSA) is 92.3 Å². The van der Waals surface area contributed by atoms with Crippen molar-refractivity contribution in [3.8, 4) is 0 Å². The molecule has 10 nitrogen and oxygen atoms in total. The van der Waals surface area contributed by atoms with Gasteiger partial charge >= 0.3 is 44.5 Å². The van der Waals surface area contributed by atoms with Crippen LogP contribution in [0.4, 0.5) is 0 Å². The molecule has 0 aromatic rings. The van der Waals surface area contributed by atoms with E-state index in [1.807, 2.05) is 46.6 Å². The molecule has 0 saturated heterocycles. The summed E-state index contributed by atoms with van der Waals surface area (Å²) < 4.78 is 63.5.